The zero-order valence-electron chi connectivity index (χ0n) is 10.4. The van der Waals surface area contributed by atoms with Crippen molar-refractivity contribution in [3.63, 3.8) is 0 Å². The molecule has 5 heteroatoms. The van der Waals surface area contributed by atoms with Crippen LogP contribution in [0.25, 0.3) is 0 Å². The maximum Gasteiger partial charge on any atom is 0.335 e. The molecular weight excluding hydrogens is 234 g/mol. The Kier molecular flexibility index (Phi) is 5.27. The number of rotatable bonds is 7. The minimum Gasteiger partial charge on any atom is -0.478 e. The van der Waals surface area contributed by atoms with E-state index in [1.165, 1.54) is 12.1 Å². The molecule has 0 spiro atoms. The molecule has 100 valence electrons. The van der Waals surface area contributed by atoms with Crippen molar-refractivity contribution in [2.75, 3.05) is 13.2 Å². The van der Waals surface area contributed by atoms with Crippen LogP contribution in [-0.2, 0) is 6.54 Å². The summed E-state index contributed by atoms with van der Waals surface area (Å²) >= 11 is 0. The summed E-state index contributed by atoms with van der Waals surface area (Å²) < 4.78 is 0. The van der Waals surface area contributed by atoms with Gasteiger partial charge in [0.15, 0.2) is 0 Å². The average molecular weight is 253 g/mol. The van der Waals surface area contributed by atoms with Crippen LogP contribution < -0.4 is 5.32 Å². The lowest BCUT2D eigenvalue weighted by Gasteiger charge is -2.29. The molecule has 0 aliphatic heterocycles. The van der Waals surface area contributed by atoms with E-state index >= 15 is 0 Å². The van der Waals surface area contributed by atoms with Crippen molar-refractivity contribution in [2.45, 2.75) is 25.4 Å². The summed E-state index contributed by atoms with van der Waals surface area (Å²) in [6, 6.07) is 6.49. The van der Waals surface area contributed by atoms with Crippen LogP contribution in [0.1, 0.15) is 29.3 Å². The van der Waals surface area contributed by atoms with Crippen molar-refractivity contribution in [2.24, 2.45) is 0 Å². The number of hydrogen-bond donors (Lipinski definition) is 4. The van der Waals surface area contributed by atoms with Gasteiger partial charge < -0.3 is 20.6 Å². The van der Waals surface area contributed by atoms with Gasteiger partial charge in [-0.15, -0.1) is 0 Å². The first-order valence-electron chi connectivity index (χ1n) is 5.86. The third-order valence-corrected chi connectivity index (χ3v) is 3.15. The van der Waals surface area contributed by atoms with Gasteiger partial charge in [-0.05, 0) is 24.1 Å². The van der Waals surface area contributed by atoms with Gasteiger partial charge in [0, 0.05) is 6.54 Å². The predicted molar refractivity (Wildman–Crippen MR) is 67.4 cm³/mol. The first-order chi connectivity index (χ1) is 8.56. The van der Waals surface area contributed by atoms with E-state index in [4.69, 9.17) is 5.11 Å². The highest BCUT2D eigenvalue weighted by Crippen LogP contribution is 2.11. The van der Waals surface area contributed by atoms with E-state index in [-0.39, 0.29) is 18.8 Å². The quantitative estimate of drug-likeness (QED) is 0.571. The molecule has 4 N–H and O–H groups in total. The van der Waals surface area contributed by atoms with Crippen molar-refractivity contribution in [3.05, 3.63) is 35.4 Å². The van der Waals surface area contributed by atoms with E-state index in [1.54, 1.807) is 12.1 Å². The van der Waals surface area contributed by atoms with Crippen LogP contribution in [-0.4, -0.2) is 40.0 Å². The molecule has 0 amide bonds. The van der Waals surface area contributed by atoms with Crippen LogP contribution >= 0.6 is 0 Å². The van der Waals surface area contributed by atoms with Crippen LogP contribution in [0.2, 0.25) is 0 Å². The number of aliphatic hydroxyl groups excluding tert-OH is 2. The molecule has 0 unspecified atom stereocenters. The van der Waals surface area contributed by atoms with Crippen LogP contribution in [0.3, 0.4) is 0 Å². The fraction of sp³-hybridized carbons (Fsp3) is 0.462. The Labute approximate surface area is 106 Å². The predicted octanol–water partition coefficient (Wildman–Crippen LogP) is 0.608. The normalized spacial score (nSPS) is 11.5. The third-order valence-electron chi connectivity index (χ3n) is 3.15. The number of carboxylic acids is 1. The highest BCUT2D eigenvalue weighted by Gasteiger charge is 2.25. The van der Waals surface area contributed by atoms with Gasteiger partial charge >= 0.3 is 5.97 Å². The molecule has 0 heterocycles. The molecule has 1 aromatic carbocycles. The molecule has 0 bridgehead atoms. The van der Waals surface area contributed by atoms with Crippen LogP contribution in [0.15, 0.2) is 24.3 Å². The average Bonchev–Trinajstić information content (AvgIpc) is 2.41. The van der Waals surface area contributed by atoms with Gasteiger partial charge in [-0.25, -0.2) is 4.79 Å². The minimum atomic E-state index is -0.955. The number of carbonyl (C=O) groups is 1. The van der Waals surface area contributed by atoms with Gasteiger partial charge in [-0.2, -0.15) is 0 Å². The van der Waals surface area contributed by atoms with Gasteiger partial charge in [-0.3, -0.25) is 0 Å². The molecular formula is C13H19NO4. The highest BCUT2D eigenvalue weighted by molar-refractivity contribution is 5.87. The lowest BCUT2D eigenvalue weighted by atomic mass is 9.98. The summed E-state index contributed by atoms with van der Waals surface area (Å²) in [5.41, 5.74) is 0.454. The van der Waals surface area contributed by atoms with Crippen molar-refractivity contribution in [3.8, 4) is 0 Å². The van der Waals surface area contributed by atoms with E-state index in [1.807, 2.05) is 6.92 Å². The van der Waals surface area contributed by atoms with E-state index in [2.05, 4.69) is 5.32 Å². The number of carboxylic acid groups (broad SMARTS) is 1. The lowest BCUT2D eigenvalue weighted by Crippen LogP contribution is -2.50. The molecule has 1 rings (SSSR count). The second kappa shape index (κ2) is 6.49. The monoisotopic (exact) mass is 253 g/mol. The molecule has 18 heavy (non-hydrogen) atoms. The summed E-state index contributed by atoms with van der Waals surface area (Å²) in [5.74, 6) is -0.955. The van der Waals surface area contributed by atoms with Crippen molar-refractivity contribution >= 4 is 5.97 Å². The molecule has 0 aliphatic carbocycles. The maximum absolute atomic E-state index is 10.7. The first-order valence-corrected chi connectivity index (χ1v) is 5.86. The Bertz CT molecular complexity index is 376. The molecule has 0 saturated heterocycles. The zero-order valence-corrected chi connectivity index (χ0v) is 10.4. The maximum atomic E-state index is 10.7. The number of aliphatic hydroxyl groups is 2. The Morgan fingerprint density at radius 1 is 1.22 bits per heavy atom. The Balaban J connectivity index is 2.65. The number of benzene rings is 1. The van der Waals surface area contributed by atoms with E-state index in [0.29, 0.717) is 13.0 Å². The summed E-state index contributed by atoms with van der Waals surface area (Å²) in [6.07, 6.45) is 0.604. The van der Waals surface area contributed by atoms with Crippen molar-refractivity contribution in [1.82, 2.24) is 5.32 Å². The van der Waals surface area contributed by atoms with Gasteiger partial charge in [-0.1, -0.05) is 19.1 Å². The fourth-order valence-electron chi connectivity index (χ4n) is 1.57. The molecule has 0 radical (unpaired) electrons. The third kappa shape index (κ3) is 3.53. The second-order valence-electron chi connectivity index (χ2n) is 4.31. The van der Waals surface area contributed by atoms with Gasteiger partial charge in [0.1, 0.15) is 0 Å². The zero-order chi connectivity index (χ0) is 13.6. The van der Waals surface area contributed by atoms with Crippen LogP contribution in [0.5, 0.6) is 0 Å². The van der Waals surface area contributed by atoms with E-state index < -0.39 is 11.5 Å². The summed E-state index contributed by atoms with van der Waals surface area (Å²) in [4.78, 5) is 10.7. The Morgan fingerprint density at radius 3 is 2.17 bits per heavy atom. The summed E-state index contributed by atoms with van der Waals surface area (Å²) in [5, 5.41) is 30.4. The molecule has 0 aromatic heterocycles. The molecule has 0 atom stereocenters. The second-order valence-corrected chi connectivity index (χ2v) is 4.31. The van der Waals surface area contributed by atoms with E-state index in [0.717, 1.165) is 5.56 Å². The standard InChI is InChI=1S/C13H19NO4/c1-2-13(8-15,9-16)14-7-10-3-5-11(6-4-10)12(17)18/h3-6,14-16H,2,7-9H2,1H3,(H,17,18). The van der Waals surface area contributed by atoms with Crippen molar-refractivity contribution < 1.29 is 20.1 Å². The van der Waals surface area contributed by atoms with E-state index in [9.17, 15) is 15.0 Å². The molecule has 1 aromatic rings. The number of hydrogen-bond acceptors (Lipinski definition) is 4. The summed E-state index contributed by atoms with van der Waals surface area (Å²) in [7, 11) is 0. The SMILES string of the molecule is CCC(CO)(CO)NCc1ccc(C(=O)O)cc1. The smallest absolute Gasteiger partial charge is 0.335 e. The van der Waals surface area contributed by atoms with Crippen molar-refractivity contribution in [1.29, 1.82) is 0 Å². The topological polar surface area (TPSA) is 89.8 Å². The lowest BCUT2D eigenvalue weighted by molar-refractivity contribution is 0.0697. The fourth-order valence-corrected chi connectivity index (χ4v) is 1.57. The molecule has 0 saturated carbocycles. The minimum absolute atomic E-state index is 0.146. The Hall–Kier alpha value is -1.43. The molecule has 5 nitrogen and oxygen atoms in total. The molecule has 0 aliphatic rings. The largest absolute Gasteiger partial charge is 0.478 e. The van der Waals surface area contributed by atoms with Gasteiger partial charge in [0.05, 0.1) is 24.3 Å². The number of aromatic carboxylic acids is 1. The highest BCUT2D eigenvalue weighted by atomic mass is 16.4. The van der Waals surface area contributed by atoms with Crippen LogP contribution in [0, 0.1) is 0 Å². The molecule has 0 fully saturated rings. The van der Waals surface area contributed by atoms with Crippen LogP contribution in [0.4, 0.5) is 0 Å². The summed E-state index contributed by atoms with van der Waals surface area (Å²) in [6.45, 7) is 2.06. The Morgan fingerprint density at radius 2 is 1.78 bits per heavy atom. The first kappa shape index (κ1) is 14.6. The van der Waals surface area contributed by atoms with Gasteiger partial charge in [0.25, 0.3) is 0 Å². The van der Waals surface area contributed by atoms with Gasteiger partial charge in [0.2, 0.25) is 0 Å². The number of nitrogens with one attached hydrogen (secondary N) is 1.